The average molecular weight is 415 g/mol. The Balaban J connectivity index is 1.92. The van der Waals surface area contributed by atoms with Crippen molar-refractivity contribution in [3.05, 3.63) is 70.5 Å². The number of nitriles is 1. The molecule has 0 radical (unpaired) electrons. The van der Waals surface area contributed by atoms with Crippen molar-refractivity contribution in [2.75, 3.05) is 6.54 Å². The smallest absolute Gasteiger partial charge is 0.199 e. The second kappa shape index (κ2) is 8.91. The first-order valence-corrected chi connectivity index (χ1v) is 9.49. The van der Waals surface area contributed by atoms with E-state index in [2.05, 4.69) is 14.7 Å². The van der Waals surface area contributed by atoms with Gasteiger partial charge in [-0.15, -0.1) is 0 Å². The van der Waals surface area contributed by atoms with Crippen LogP contribution >= 0.6 is 0 Å². The highest BCUT2D eigenvalue weighted by molar-refractivity contribution is 7.77. The Morgan fingerprint density at radius 3 is 2.76 bits per heavy atom. The van der Waals surface area contributed by atoms with Crippen LogP contribution in [0.15, 0.2) is 36.5 Å². The van der Waals surface area contributed by atoms with E-state index in [0.717, 1.165) is 6.07 Å². The zero-order chi connectivity index (χ0) is 21.0. The number of nitrogens with zero attached hydrogens (tertiary/aromatic N) is 3. The van der Waals surface area contributed by atoms with Gasteiger partial charge in [0, 0.05) is 23.4 Å². The Kier molecular flexibility index (Phi) is 6.33. The van der Waals surface area contributed by atoms with Crippen LogP contribution in [-0.4, -0.2) is 31.1 Å². The number of rotatable bonds is 7. The number of aromatic nitrogens is 2. The summed E-state index contributed by atoms with van der Waals surface area (Å²) in [5, 5.41) is 8.92. The summed E-state index contributed by atoms with van der Waals surface area (Å²) in [4.78, 5) is 20.8. The maximum Gasteiger partial charge on any atom is 0.199 e. The first kappa shape index (κ1) is 20.6. The van der Waals surface area contributed by atoms with Crippen LogP contribution in [0.5, 0.6) is 0 Å². The van der Waals surface area contributed by atoms with Gasteiger partial charge in [0.2, 0.25) is 0 Å². The molecule has 3 rings (SSSR count). The van der Waals surface area contributed by atoms with Crippen LogP contribution in [-0.2, 0) is 17.7 Å². The van der Waals surface area contributed by atoms with Gasteiger partial charge in [0.1, 0.15) is 17.7 Å². The van der Waals surface area contributed by atoms with Gasteiger partial charge in [-0.25, -0.2) is 18.5 Å². The third-order valence-electron chi connectivity index (χ3n) is 4.16. The van der Waals surface area contributed by atoms with E-state index in [1.807, 2.05) is 6.07 Å². The van der Waals surface area contributed by atoms with Crippen molar-refractivity contribution in [3.63, 3.8) is 0 Å². The van der Waals surface area contributed by atoms with E-state index >= 15 is 0 Å². The number of hydrogen-bond donors (Lipinski definition) is 1. The van der Waals surface area contributed by atoms with Gasteiger partial charge in [0.05, 0.1) is 22.8 Å². The maximum absolute atomic E-state index is 14.8. The summed E-state index contributed by atoms with van der Waals surface area (Å²) in [7, 11) is 0. The van der Waals surface area contributed by atoms with Gasteiger partial charge in [-0.1, -0.05) is 6.07 Å². The summed E-state index contributed by atoms with van der Waals surface area (Å²) in [5.41, 5.74) is 0.128. The molecule has 0 saturated carbocycles. The summed E-state index contributed by atoms with van der Waals surface area (Å²) >= 11 is -2.42. The van der Waals surface area contributed by atoms with Crippen LogP contribution in [0.2, 0.25) is 0 Å². The molecule has 7 nitrogen and oxygen atoms in total. The fourth-order valence-electron chi connectivity index (χ4n) is 2.78. The van der Waals surface area contributed by atoms with Crippen LogP contribution in [0.1, 0.15) is 33.6 Å². The average Bonchev–Trinajstić information content (AvgIpc) is 2.71. The van der Waals surface area contributed by atoms with E-state index < -0.39 is 34.2 Å². The fourth-order valence-corrected chi connectivity index (χ4v) is 3.09. The maximum atomic E-state index is 14.8. The largest absolute Gasteiger partial charge is 0.760 e. The van der Waals surface area contributed by atoms with Crippen LogP contribution in [0.3, 0.4) is 0 Å². The highest BCUT2D eigenvalue weighted by Crippen LogP contribution is 2.23. The number of benzene rings is 2. The molecule has 0 aliphatic heterocycles. The normalized spacial score (nSPS) is 11.9. The highest BCUT2D eigenvalue weighted by Gasteiger charge is 2.22. The van der Waals surface area contributed by atoms with Crippen molar-refractivity contribution in [3.8, 4) is 6.07 Å². The van der Waals surface area contributed by atoms with Gasteiger partial charge in [0.25, 0.3) is 0 Å². The standard InChI is InChI=1S/C19H14F2N4O3S/c20-14-5-3-11(2-1-7-24-29(27)28)18(21)17(14)19(26)12-4-6-15-16(8-12)25-13(9-22)10-23-15/h3-6,8,10,24H,1-2,7H2,(H,27,28)/p-1. The number of carbonyl (C=O) groups is 1. The highest BCUT2D eigenvalue weighted by atomic mass is 32.2. The first-order valence-electron chi connectivity index (χ1n) is 8.42. The van der Waals surface area contributed by atoms with Crippen molar-refractivity contribution >= 4 is 28.1 Å². The lowest BCUT2D eigenvalue weighted by molar-refractivity contribution is 0.103. The second-order valence-electron chi connectivity index (χ2n) is 6.03. The summed E-state index contributed by atoms with van der Waals surface area (Å²) in [6, 6.07) is 8.24. The third kappa shape index (κ3) is 4.65. The number of hydrogen-bond acceptors (Lipinski definition) is 6. The van der Waals surface area contributed by atoms with Gasteiger partial charge in [-0.05, 0) is 42.7 Å². The Morgan fingerprint density at radius 2 is 2.03 bits per heavy atom. The first-order chi connectivity index (χ1) is 13.9. The minimum absolute atomic E-state index is 0.000239. The minimum Gasteiger partial charge on any atom is -0.760 e. The van der Waals surface area contributed by atoms with E-state index in [1.54, 1.807) is 0 Å². The molecular formula is C19H13F2N4O3S-. The number of carbonyl (C=O) groups excluding carboxylic acids is 1. The van der Waals surface area contributed by atoms with Gasteiger partial charge >= 0.3 is 0 Å². The van der Waals surface area contributed by atoms with Crippen molar-refractivity contribution < 1.29 is 22.3 Å². The molecule has 10 heteroatoms. The lowest BCUT2D eigenvalue weighted by Gasteiger charge is -2.11. The predicted octanol–water partition coefficient (Wildman–Crippen LogP) is 2.33. The number of aryl methyl sites for hydroxylation is 1. The van der Waals surface area contributed by atoms with Crippen molar-refractivity contribution in [2.45, 2.75) is 12.8 Å². The number of fused-ring (bicyclic) bond motifs is 1. The van der Waals surface area contributed by atoms with Crippen molar-refractivity contribution in [2.24, 2.45) is 0 Å². The zero-order valence-electron chi connectivity index (χ0n) is 14.8. The minimum atomic E-state index is -2.42. The SMILES string of the molecule is N#Cc1cnc2ccc(C(=O)c3c(F)ccc(CCCNS(=O)[O-])c3F)cc2n1. The van der Waals surface area contributed by atoms with Gasteiger partial charge in [-0.2, -0.15) is 5.26 Å². The molecule has 2 aromatic carbocycles. The van der Waals surface area contributed by atoms with Crippen LogP contribution in [0.25, 0.3) is 11.0 Å². The van der Waals surface area contributed by atoms with Crippen LogP contribution in [0.4, 0.5) is 8.78 Å². The molecule has 1 unspecified atom stereocenters. The molecule has 0 bridgehead atoms. The molecule has 0 spiro atoms. The number of ketones is 1. The number of halogens is 2. The molecule has 1 heterocycles. The molecule has 148 valence electrons. The topological polar surface area (TPSA) is 119 Å². The molecular weight excluding hydrogens is 402 g/mol. The Labute approximate surface area is 166 Å². The van der Waals surface area contributed by atoms with E-state index in [4.69, 9.17) is 5.26 Å². The molecule has 29 heavy (non-hydrogen) atoms. The lowest BCUT2D eigenvalue weighted by atomic mass is 9.97. The zero-order valence-corrected chi connectivity index (χ0v) is 15.6. The number of nitrogens with one attached hydrogen (secondary N) is 1. The monoisotopic (exact) mass is 415 g/mol. The van der Waals surface area contributed by atoms with Crippen LogP contribution < -0.4 is 4.72 Å². The molecule has 0 aliphatic carbocycles. The molecule has 3 aromatic rings. The van der Waals surface area contributed by atoms with Gasteiger partial charge < -0.3 is 4.55 Å². The molecule has 0 fully saturated rings. The van der Waals surface area contributed by atoms with E-state index in [0.29, 0.717) is 5.52 Å². The van der Waals surface area contributed by atoms with Crippen LogP contribution in [0, 0.1) is 23.0 Å². The third-order valence-corrected chi connectivity index (χ3v) is 4.60. The molecule has 0 amide bonds. The molecule has 1 atom stereocenters. The van der Waals surface area contributed by atoms with E-state index in [1.165, 1.54) is 30.5 Å². The second-order valence-corrected chi connectivity index (χ2v) is 6.79. The molecule has 1 N–H and O–H groups in total. The van der Waals surface area contributed by atoms with E-state index in [-0.39, 0.29) is 41.7 Å². The summed E-state index contributed by atoms with van der Waals surface area (Å²) in [6.45, 7) is 0.0841. The summed E-state index contributed by atoms with van der Waals surface area (Å²) in [6.07, 6.45) is 1.67. The Bertz CT molecular complexity index is 1160. The quantitative estimate of drug-likeness (QED) is 0.359. The molecule has 0 aliphatic rings. The fraction of sp³-hybridized carbons (Fsp3) is 0.158. The predicted molar refractivity (Wildman–Crippen MR) is 99.3 cm³/mol. The Morgan fingerprint density at radius 1 is 1.24 bits per heavy atom. The summed E-state index contributed by atoms with van der Waals surface area (Å²) in [5.74, 6) is -2.87. The van der Waals surface area contributed by atoms with Gasteiger partial charge in [0.15, 0.2) is 11.5 Å². The van der Waals surface area contributed by atoms with E-state index in [9.17, 15) is 22.3 Å². The van der Waals surface area contributed by atoms with Gasteiger partial charge in [-0.3, -0.25) is 14.0 Å². The lowest BCUT2D eigenvalue weighted by Crippen LogP contribution is -2.18. The Hall–Kier alpha value is -3.13. The van der Waals surface area contributed by atoms with Crippen molar-refractivity contribution in [1.29, 1.82) is 5.26 Å². The van der Waals surface area contributed by atoms with Crippen molar-refractivity contribution in [1.82, 2.24) is 14.7 Å². The molecule has 0 saturated heterocycles. The molecule has 1 aromatic heterocycles. The summed E-state index contributed by atoms with van der Waals surface area (Å²) < 4.78 is 52.1.